The molecule has 1 fully saturated rings. The lowest BCUT2D eigenvalue weighted by Gasteiger charge is -2.31. The second kappa shape index (κ2) is 9.71. The van der Waals surface area contributed by atoms with E-state index >= 15 is 0 Å². The number of fused-ring (bicyclic) bond motifs is 1. The van der Waals surface area contributed by atoms with Gasteiger partial charge in [-0.05, 0) is 76.0 Å². The molecule has 7 heteroatoms. The smallest absolute Gasteiger partial charge is 0.217 e. The number of aromatic nitrogens is 1. The number of aryl methyl sites for hydroxylation is 1. The van der Waals surface area contributed by atoms with Gasteiger partial charge in [0.2, 0.25) is 5.91 Å². The van der Waals surface area contributed by atoms with Crippen molar-refractivity contribution in [3.8, 4) is 0 Å². The van der Waals surface area contributed by atoms with Gasteiger partial charge in [0.25, 0.3) is 0 Å². The Bertz CT molecular complexity index is 991. The maximum Gasteiger partial charge on any atom is 0.217 e. The standard InChI is InChI=1S/C23H28FN3O2S/c1-16(28)25-15-20-7-6-19(30-20)4-2-3-11-27-12-9-17(10-13-27)23-21-8-5-18(24)14-22(21)29-26-23/h5-8,14,17H,2-4,9-13,15H2,1H3,(H,25,28). The highest BCUT2D eigenvalue weighted by atomic mass is 32.1. The maximum atomic E-state index is 13.4. The number of carbonyl (C=O) groups is 1. The molecule has 160 valence electrons. The number of hydrogen-bond donors (Lipinski definition) is 1. The molecule has 0 atom stereocenters. The molecule has 1 saturated heterocycles. The van der Waals surface area contributed by atoms with Crippen LogP contribution in [0.25, 0.3) is 11.0 Å². The summed E-state index contributed by atoms with van der Waals surface area (Å²) in [6.45, 7) is 5.44. The maximum absolute atomic E-state index is 13.4. The second-order valence-electron chi connectivity index (χ2n) is 8.06. The zero-order chi connectivity index (χ0) is 20.9. The van der Waals surface area contributed by atoms with Crippen LogP contribution in [0.3, 0.4) is 0 Å². The minimum Gasteiger partial charge on any atom is -0.356 e. The van der Waals surface area contributed by atoms with Crippen molar-refractivity contribution < 1.29 is 13.7 Å². The van der Waals surface area contributed by atoms with Gasteiger partial charge in [-0.3, -0.25) is 4.79 Å². The van der Waals surface area contributed by atoms with Crippen LogP contribution in [-0.2, 0) is 17.8 Å². The first-order valence-corrected chi connectivity index (χ1v) is 11.5. The monoisotopic (exact) mass is 429 g/mol. The van der Waals surface area contributed by atoms with Crippen molar-refractivity contribution in [3.05, 3.63) is 51.6 Å². The Hall–Kier alpha value is -2.25. The van der Waals surface area contributed by atoms with Crippen LogP contribution in [0.2, 0.25) is 0 Å². The van der Waals surface area contributed by atoms with E-state index in [-0.39, 0.29) is 11.7 Å². The summed E-state index contributed by atoms with van der Waals surface area (Å²) < 4.78 is 18.7. The van der Waals surface area contributed by atoms with Crippen LogP contribution in [0.5, 0.6) is 0 Å². The summed E-state index contributed by atoms with van der Waals surface area (Å²) in [5.74, 6) is 0.118. The first-order valence-electron chi connectivity index (χ1n) is 10.7. The number of piperidine rings is 1. The van der Waals surface area contributed by atoms with Gasteiger partial charge in [-0.2, -0.15) is 0 Å². The topological polar surface area (TPSA) is 58.4 Å². The van der Waals surface area contributed by atoms with Crippen molar-refractivity contribution in [2.45, 2.75) is 51.5 Å². The van der Waals surface area contributed by atoms with Gasteiger partial charge in [0.15, 0.2) is 5.58 Å². The highest BCUT2D eigenvalue weighted by molar-refractivity contribution is 7.11. The first-order chi connectivity index (χ1) is 14.6. The largest absolute Gasteiger partial charge is 0.356 e. The van der Waals surface area contributed by atoms with Gasteiger partial charge >= 0.3 is 0 Å². The van der Waals surface area contributed by atoms with Gasteiger partial charge in [-0.15, -0.1) is 11.3 Å². The SMILES string of the molecule is CC(=O)NCc1ccc(CCCCN2CCC(c3noc4cc(F)ccc34)CC2)s1. The molecule has 0 unspecified atom stereocenters. The number of likely N-dealkylation sites (tertiary alicyclic amines) is 1. The van der Waals surface area contributed by atoms with E-state index in [2.05, 4.69) is 27.5 Å². The van der Waals surface area contributed by atoms with Crippen molar-refractivity contribution >= 4 is 28.2 Å². The first kappa shape index (κ1) is 21.0. The highest BCUT2D eigenvalue weighted by Crippen LogP contribution is 2.32. The van der Waals surface area contributed by atoms with E-state index in [1.165, 1.54) is 34.7 Å². The molecule has 2 aromatic heterocycles. The number of halogens is 1. The van der Waals surface area contributed by atoms with E-state index < -0.39 is 0 Å². The lowest BCUT2D eigenvalue weighted by molar-refractivity contribution is -0.119. The molecule has 1 aliphatic rings. The van der Waals surface area contributed by atoms with Crippen LogP contribution in [0.1, 0.15) is 54.0 Å². The molecule has 1 aromatic carbocycles. The summed E-state index contributed by atoms with van der Waals surface area (Å²) in [6, 6.07) is 8.98. The van der Waals surface area contributed by atoms with Crippen LogP contribution >= 0.6 is 11.3 Å². The third-order valence-electron chi connectivity index (χ3n) is 5.81. The minimum atomic E-state index is -0.286. The Balaban J connectivity index is 1.18. The van der Waals surface area contributed by atoms with Crippen molar-refractivity contribution in [3.63, 3.8) is 0 Å². The molecule has 1 aliphatic heterocycles. The molecule has 1 amide bonds. The fourth-order valence-corrected chi connectivity index (χ4v) is 5.15. The van der Waals surface area contributed by atoms with E-state index in [9.17, 15) is 9.18 Å². The van der Waals surface area contributed by atoms with Crippen molar-refractivity contribution in [2.75, 3.05) is 19.6 Å². The molecular formula is C23H28FN3O2S. The van der Waals surface area contributed by atoms with Crippen molar-refractivity contribution in [1.82, 2.24) is 15.4 Å². The van der Waals surface area contributed by atoms with Crippen LogP contribution in [0.15, 0.2) is 34.9 Å². The molecular weight excluding hydrogens is 401 g/mol. The summed E-state index contributed by atoms with van der Waals surface area (Å²) in [6.07, 6.45) is 5.60. The highest BCUT2D eigenvalue weighted by Gasteiger charge is 2.24. The summed E-state index contributed by atoms with van der Waals surface area (Å²) in [5.41, 5.74) is 1.53. The predicted molar refractivity (Wildman–Crippen MR) is 117 cm³/mol. The van der Waals surface area contributed by atoms with Crippen molar-refractivity contribution in [2.24, 2.45) is 0 Å². The number of nitrogens with one attached hydrogen (secondary N) is 1. The Morgan fingerprint density at radius 1 is 1.23 bits per heavy atom. The molecule has 0 bridgehead atoms. The number of rotatable bonds is 8. The van der Waals surface area contributed by atoms with Gasteiger partial charge in [0.05, 0.1) is 12.2 Å². The summed E-state index contributed by atoms with van der Waals surface area (Å²) in [5, 5.41) is 8.03. The number of amides is 1. The Labute approximate surface area is 180 Å². The summed E-state index contributed by atoms with van der Waals surface area (Å²) >= 11 is 1.79. The van der Waals surface area contributed by atoms with E-state index in [0.29, 0.717) is 18.0 Å². The Kier molecular flexibility index (Phi) is 6.79. The number of hydrogen-bond acceptors (Lipinski definition) is 5. The molecule has 1 N–H and O–H groups in total. The molecule has 3 heterocycles. The average Bonchev–Trinajstić information content (AvgIpc) is 3.36. The fraction of sp³-hybridized carbons (Fsp3) is 0.478. The number of nitrogens with zero attached hydrogens (tertiary/aromatic N) is 2. The molecule has 4 rings (SSSR count). The predicted octanol–water partition coefficient (Wildman–Crippen LogP) is 4.87. The number of unbranched alkanes of at least 4 members (excludes halogenated alkanes) is 1. The number of thiophene rings is 1. The number of carbonyl (C=O) groups excluding carboxylic acids is 1. The van der Waals surface area contributed by atoms with Crippen LogP contribution in [-0.4, -0.2) is 35.6 Å². The van der Waals surface area contributed by atoms with Gasteiger partial charge in [-0.25, -0.2) is 4.39 Å². The molecule has 5 nitrogen and oxygen atoms in total. The lowest BCUT2D eigenvalue weighted by atomic mass is 9.91. The fourth-order valence-electron chi connectivity index (χ4n) is 4.15. The molecule has 0 aliphatic carbocycles. The quantitative estimate of drug-likeness (QED) is 0.519. The molecule has 0 spiro atoms. The molecule has 0 saturated carbocycles. The zero-order valence-electron chi connectivity index (χ0n) is 17.3. The average molecular weight is 430 g/mol. The van der Waals surface area contributed by atoms with E-state index in [0.717, 1.165) is 50.0 Å². The molecule has 3 aromatic rings. The van der Waals surface area contributed by atoms with Gasteiger partial charge in [0, 0.05) is 34.0 Å². The minimum absolute atomic E-state index is 0.0133. The van der Waals surface area contributed by atoms with Gasteiger partial charge < -0.3 is 14.7 Å². The summed E-state index contributed by atoms with van der Waals surface area (Å²) in [7, 11) is 0. The lowest BCUT2D eigenvalue weighted by Crippen LogP contribution is -2.33. The third-order valence-corrected chi connectivity index (χ3v) is 6.96. The van der Waals surface area contributed by atoms with E-state index in [4.69, 9.17) is 4.52 Å². The van der Waals surface area contributed by atoms with Crippen LogP contribution in [0.4, 0.5) is 4.39 Å². The summed E-state index contributed by atoms with van der Waals surface area (Å²) in [4.78, 5) is 16.2. The Morgan fingerprint density at radius 3 is 2.83 bits per heavy atom. The van der Waals surface area contributed by atoms with Gasteiger partial charge in [-0.1, -0.05) is 5.16 Å². The molecule has 30 heavy (non-hydrogen) atoms. The Morgan fingerprint density at radius 2 is 2.03 bits per heavy atom. The number of benzene rings is 1. The second-order valence-corrected chi connectivity index (χ2v) is 9.31. The van der Waals surface area contributed by atoms with Crippen LogP contribution in [0, 0.1) is 5.82 Å². The van der Waals surface area contributed by atoms with E-state index in [1.807, 2.05) is 0 Å². The van der Waals surface area contributed by atoms with Crippen molar-refractivity contribution in [1.29, 1.82) is 0 Å². The van der Waals surface area contributed by atoms with Crippen LogP contribution < -0.4 is 5.32 Å². The van der Waals surface area contributed by atoms with E-state index in [1.54, 1.807) is 24.3 Å². The third kappa shape index (κ3) is 5.26. The van der Waals surface area contributed by atoms with Gasteiger partial charge in [0.1, 0.15) is 5.82 Å². The normalized spacial score (nSPS) is 15.7. The molecule has 0 radical (unpaired) electrons. The zero-order valence-corrected chi connectivity index (χ0v) is 18.1.